The van der Waals surface area contributed by atoms with Crippen LogP contribution < -0.4 is 5.32 Å². The van der Waals surface area contributed by atoms with Crippen LogP contribution in [0.15, 0.2) is 42.5 Å². The average Bonchev–Trinajstić information content (AvgIpc) is 3.16. The number of aromatic nitrogens is 2. The zero-order valence-electron chi connectivity index (χ0n) is 18.9. The Morgan fingerprint density at radius 2 is 1.85 bits per heavy atom. The van der Waals surface area contributed by atoms with Gasteiger partial charge in [-0.2, -0.15) is 0 Å². The van der Waals surface area contributed by atoms with E-state index in [1.165, 1.54) is 11.1 Å². The van der Waals surface area contributed by atoms with Gasteiger partial charge in [0.2, 0.25) is 0 Å². The number of anilines is 1. The second-order valence-electron chi connectivity index (χ2n) is 8.12. The van der Waals surface area contributed by atoms with Gasteiger partial charge in [0.05, 0.1) is 40.9 Å². The van der Waals surface area contributed by atoms with Gasteiger partial charge in [0.15, 0.2) is 0 Å². The zero-order chi connectivity index (χ0) is 23.4. The molecule has 4 rings (SSSR count). The van der Waals surface area contributed by atoms with Gasteiger partial charge in [-0.25, -0.2) is 9.97 Å². The maximum atomic E-state index is 12.7. The predicted octanol–water partition coefficient (Wildman–Crippen LogP) is 7.03. The lowest BCUT2D eigenvalue weighted by molar-refractivity contribution is 0.0437. The molecule has 1 aliphatic rings. The van der Waals surface area contributed by atoms with E-state index in [9.17, 15) is 4.39 Å². The number of ether oxygens (including phenoxy) is 1. The molecule has 4 nitrogen and oxygen atoms in total. The third-order valence-electron chi connectivity index (χ3n) is 5.98. The maximum absolute atomic E-state index is 12.7. The van der Waals surface area contributed by atoms with E-state index in [0.29, 0.717) is 35.9 Å². The third-order valence-corrected chi connectivity index (χ3v) is 6.53. The second-order valence-corrected chi connectivity index (χ2v) is 8.97. The van der Waals surface area contributed by atoms with Crippen molar-refractivity contribution in [3.05, 3.63) is 75.0 Å². The van der Waals surface area contributed by atoms with Crippen molar-refractivity contribution in [3.8, 4) is 11.3 Å². The van der Waals surface area contributed by atoms with E-state index in [2.05, 4.69) is 31.3 Å². The van der Waals surface area contributed by atoms with Crippen molar-refractivity contribution in [2.24, 2.45) is 0 Å². The minimum absolute atomic E-state index is 0.0740. The predicted molar refractivity (Wildman–Crippen MR) is 133 cm³/mol. The first-order valence-electron chi connectivity index (χ1n) is 11.4. The SMILES string of the molecule is CCc1nc(-c2ccc(Cl)cc2Cl)c(CC)nc1NC1c2ccccc2CC1OCCCF. The molecule has 0 bridgehead atoms. The molecule has 0 radical (unpaired) electrons. The van der Waals surface area contributed by atoms with E-state index >= 15 is 0 Å². The van der Waals surface area contributed by atoms with E-state index in [4.69, 9.17) is 37.9 Å². The highest BCUT2D eigenvalue weighted by Crippen LogP contribution is 2.38. The Morgan fingerprint density at radius 3 is 2.58 bits per heavy atom. The van der Waals surface area contributed by atoms with Crippen LogP contribution in [0.3, 0.4) is 0 Å². The van der Waals surface area contributed by atoms with Crippen LogP contribution in [0.2, 0.25) is 10.0 Å². The summed E-state index contributed by atoms with van der Waals surface area (Å²) < 4.78 is 18.7. The summed E-state index contributed by atoms with van der Waals surface area (Å²) in [5.74, 6) is 0.754. The number of fused-ring (bicyclic) bond motifs is 1. The molecule has 0 amide bonds. The molecule has 2 aromatic carbocycles. The highest BCUT2D eigenvalue weighted by atomic mass is 35.5. The number of benzene rings is 2. The molecular weight excluding hydrogens is 460 g/mol. The number of hydrogen-bond donors (Lipinski definition) is 1. The molecule has 1 heterocycles. The maximum Gasteiger partial charge on any atom is 0.148 e. The summed E-state index contributed by atoms with van der Waals surface area (Å²) in [4.78, 5) is 9.97. The molecule has 1 aliphatic carbocycles. The van der Waals surface area contributed by atoms with Crippen molar-refractivity contribution in [2.75, 3.05) is 18.6 Å². The van der Waals surface area contributed by atoms with E-state index in [1.54, 1.807) is 6.07 Å². The molecular formula is C26H28Cl2FN3O. The number of halogens is 3. The summed E-state index contributed by atoms with van der Waals surface area (Å²) in [7, 11) is 0. The molecule has 0 fully saturated rings. The molecule has 1 N–H and O–H groups in total. The van der Waals surface area contributed by atoms with Crippen molar-refractivity contribution in [3.63, 3.8) is 0 Å². The molecule has 174 valence electrons. The number of hydrogen-bond acceptors (Lipinski definition) is 4. The van der Waals surface area contributed by atoms with Crippen LogP contribution >= 0.6 is 23.2 Å². The zero-order valence-corrected chi connectivity index (χ0v) is 20.4. The topological polar surface area (TPSA) is 47.0 Å². The van der Waals surface area contributed by atoms with Crippen LogP contribution in [0.4, 0.5) is 10.2 Å². The standard InChI is InChI=1S/C26H28Cl2FN3O/c1-3-21-24(19-11-10-17(27)15-20(19)28)30-22(4-2)26(31-21)32-25-18-9-6-5-8-16(18)14-23(25)33-13-7-12-29/h5-6,8-11,15,23,25H,3-4,7,12-14H2,1-2H3,(H,31,32). The van der Waals surface area contributed by atoms with Gasteiger partial charge < -0.3 is 10.1 Å². The fourth-order valence-electron chi connectivity index (χ4n) is 4.33. The molecule has 33 heavy (non-hydrogen) atoms. The lowest BCUT2D eigenvalue weighted by atomic mass is 10.1. The first kappa shape index (κ1) is 23.9. The van der Waals surface area contributed by atoms with Gasteiger partial charge in [-0.15, -0.1) is 0 Å². The van der Waals surface area contributed by atoms with E-state index in [0.717, 1.165) is 34.9 Å². The summed E-state index contributed by atoms with van der Waals surface area (Å²) in [6, 6.07) is 13.7. The molecule has 3 aromatic rings. The van der Waals surface area contributed by atoms with Crippen LogP contribution in [-0.4, -0.2) is 29.4 Å². The average molecular weight is 488 g/mol. The van der Waals surface area contributed by atoms with E-state index in [1.807, 2.05) is 24.3 Å². The fraction of sp³-hybridized carbons (Fsp3) is 0.385. The lowest BCUT2D eigenvalue weighted by Crippen LogP contribution is -2.26. The van der Waals surface area contributed by atoms with Crippen LogP contribution in [0.25, 0.3) is 11.3 Å². The van der Waals surface area contributed by atoms with Crippen molar-refractivity contribution in [1.82, 2.24) is 9.97 Å². The molecule has 2 atom stereocenters. The van der Waals surface area contributed by atoms with Crippen LogP contribution in [0.5, 0.6) is 0 Å². The Bertz CT molecular complexity index is 1120. The Hall–Kier alpha value is -2.21. The van der Waals surface area contributed by atoms with Gasteiger partial charge in [0.25, 0.3) is 0 Å². The quantitative estimate of drug-likeness (QED) is 0.329. The lowest BCUT2D eigenvalue weighted by Gasteiger charge is -2.24. The van der Waals surface area contributed by atoms with E-state index < -0.39 is 0 Å². The van der Waals surface area contributed by atoms with Gasteiger partial charge in [-0.05, 0) is 48.6 Å². The fourth-order valence-corrected chi connectivity index (χ4v) is 4.83. The minimum atomic E-state index is -0.377. The minimum Gasteiger partial charge on any atom is -0.375 e. The normalized spacial score (nSPS) is 17.2. The molecule has 7 heteroatoms. The summed E-state index contributed by atoms with van der Waals surface area (Å²) in [5.41, 5.74) is 5.76. The van der Waals surface area contributed by atoms with Crippen molar-refractivity contribution < 1.29 is 9.13 Å². The monoisotopic (exact) mass is 487 g/mol. The molecule has 0 aliphatic heterocycles. The highest BCUT2D eigenvalue weighted by molar-refractivity contribution is 6.36. The Morgan fingerprint density at radius 1 is 1.06 bits per heavy atom. The molecule has 0 spiro atoms. The van der Waals surface area contributed by atoms with E-state index in [-0.39, 0.29) is 18.8 Å². The first-order valence-corrected chi connectivity index (χ1v) is 12.2. The van der Waals surface area contributed by atoms with Crippen molar-refractivity contribution in [2.45, 2.75) is 51.7 Å². The number of aryl methyl sites for hydroxylation is 2. The Balaban J connectivity index is 1.70. The van der Waals surface area contributed by atoms with Crippen LogP contribution in [-0.2, 0) is 24.0 Å². The van der Waals surface area contributed by atoms with Gasteiger partial charge in [0, 0.05) is 23.6 Å². The molecule has 0 saturated carbocycles. The second kappa shape index (κ2) is 10.8. The molecule has 0 saturated heterocycles. The van der Waals surface area contributed by atoms with Gasteiger partial charge in [0.1, 0.15) is 5.82 Å². The number of rotatable bonds is 9. The van der Waals surface area contributed by atoms with Gasteiger partial charge >= 0.3 is 0 Å². The number of nitrogens with one attached hydrogen (secondary N) is 1. The molecule has 2 unspecified atom stereocenters. The van der Waals surface area contributed by atoms with Crippen molar-refractivity contribution >= 4 is 29.0 Å². The summed E-state index contributed by atoms with van der Waals surface area (Å²) in [6.07, 6.45) is 2.51. The molecule has 1 aromatic heterocycles. The van der Waals surface area contributed by atoms with Crippen molar-refractivity contribution in [1.29, 1.82) is 0 Å². The smallest absolute Gasteiger partial charge is 0.148 e. The van der Waals surface area contributed by atoms with Crippen LogP contribution in [0, 0.1) is 0 Å². The Kier molecular flexibility index (Phi) is 7.84. The summed E-state index contributed by atoms with van der Waals surface area (Å²) in [6.45, 7) is 4.14. The van der Waals surface area contributed by atoms with Gasteiger partial charge in [-0.1, -0.05) is 61.3 Å². The van der Waals surface area contributed by atoms with Gasteiger partial charge in [-0.3, -0.25) is 4.39 Å². The first-order chi connectivity index (χ1) is 16.0. The Labute approximate surface area is 204 Å². The third kappa shape index (κ3) is 5.16. The van der Waals surface area contributed by atoms with Crippen LogP contribution in [0.1, 0.15) is 48.8 Å². The number of nitrogens with zero attached hydrogens (tertiary/aromatic N) is 2. The summed E-state index contributed by atoms with van der Waals surface area (Å²) >= 11 is 12.6. The summed E-state index contributed by atoms with van der Waals surface area (Å²) in [5, 5.41) is 4.77. The number of alkyl halides is 1. The highest BCUT2D eigenvalue weighted by Gasteiger charge is 2.34. The largest absolute Gasteiger partial charge is 0.375 e.